The standard InChI is InChI=1S/C23H34N6O/c1-24-23(26-16-18-10-9-13-25-22(18)28(2)3)27-17-20(29-14-7-8-15-29)19-11-5-6-12-21(19)30-4/h5-6,9-13,20H,7-8,14-17H2,1-4H3,(H2,24,26,27). The van der Waals surface area contributed by atoms with Crippen LogP contribution in [0.5, 0.6) is 5.75 Å². The third kappa shape index (κ3) is 5.42. The highest BCUT2D eigenvalue weighted by Gasteiger charge is 2.26. The van der Waals surface area contributed by atoms with E-state index in [1.165, 1.54) is 18.4 Å². The summed E-state index contributed by atoms with van der Waals surface area (Å²) in [6.07, 6.45) is 4.31. The molecule has 1 aromatic heterocycles. The van der Waals surface area contributed by atoms with E-state index in [1.807, 2.05) is 43.4 Å². The average molecular weight is 411 g/mol. The van der Waals surface area contributed by atoms with Crippen molar-refractivity contribution in [1.82, 2.24) is 20.5 Å². The van der Waals surface area contributed by atoms with Gasteiger partial charge in [0.2, 0.25) is 0 Å². The molecular formula is C23H34N6O. The Bertz CT molecular complexity index is 832. The number of hydrogen-bond donors (Lipinski definition) is 2. The molecule has 1 atom stereocenters. The Hall–Kier alpha value is -2.80. The van der Waals surface area contributed by atoms with Crippen LogP contribution in [-0.2, 0) is 6.54 Å². The number of benzene rings is 1. The average Bonchev–Trinajstić information content (AvgIpc) is 3.31. The van der Waals surface area contributed by atoms with E-state index in [4.69, 9.17) is 4.74 Å². The molecule has 0 aliphatic carbocycles. The summed E-state index contributed by atoms with van der Waals surface area (Å²) in [6, 6.07) is 12.6. The number of rotatable bonds is 8. The maximum Gasteiger partial charge on any atom is 0.191 e. The number of guanidine groups is 1. The molecule has 7 heteroatoms. The first kappa shape index (κ1) is 21.9. The predicted molar refractivity (Wildman–Crippen MR) is 123 cm³/mol. The van der Waals surface area contributed by atoms with Gasteiger partial charge in [-0.25, -0.2) is 4.98 Å². The van der Waals surface area contributed by atoms with Gasteiger partial charge in [0.05, 0.1) is 13.2 Å². The topological polar surface area (TPSA) is 65.0 Å². The first-order valence-corrected chi connectivity index (χ1v) is 10.6. The van der Waals surface area contributed by atoms with Crippen molar-refractivity contribution in [3.05, 3.63) is 53.7 Å². The van der Waals surface area contributed by atoms with E-state index < -0.39 is 0 Å². The largest absolute Gasteiger partial charge is 0.496 e. The Morgan fingerprint density at radius 3 is 2.63 bits per heavy atom. The highest BCUT2D eigenvalue weighted by molar-refractivity contribution is 5.79. The second-order valence-electron chi connectivity index (χ2n) is 7.69. The van der Waals surface area contributed by atoms with E-state index in [-0.39, 0.29) is 6.04 Å². The molecule has 2 N–H and O–H groups in total. The Labute approximate surface area is 180 Å². The van der Waals surface area contributed by atoms with Gasteiger partial charge in [-0.15, -0.1) is 0 Å². The van der Waals surface area contributed by atoms with E-state index >= 15 is 0 Å². The van der Waals surface area contributed by atoms with Crippen LogP contribution in [-0.4, -0.2) is 63.7 Å². The van der Waals surface area contributed by atoms with Crippen molar-refractivity contribution in [1.29, 1.82) is 0 Å². The van der Waals surface area contributed by atoms with E-state index in [1.54, 1.807) is 14.2 Å². The van der Waals surface area contributed by atoms with Gasteiger partial charge in [-0.2, -0.15) is 0 Å². The lowest BCUT2D eigenvalue weighted by atomic mass is 10.0. The molecule has 30 heavy (non-hydrogen) atoms. The zero-order valence-electron chi connectivity index (χ0n) is 18.6. The first-order chi connectivity index (χ1) is 14.6. The number of likely N-dealkylation sites (tertiary alicyclic amines) is 1. The van der Waals surface area contributed by atoms with Crippen LogP contribution in [0.2, 0.25) is 0 Å². The Morgan fingerprint density at radius 2 is 1.93 bits per heavy atom. The van der Waals surface area contributed by atoms with E-state index in [0.29, 0.717) is 6.54 Å². The number of pyridine rings is 1. The zero-order chi connectivity index (χ0) is 21.3. The molecule has 0 spiro atoms. The molecule has 1 aliphatic heterocycles. The number of nitrogens with one attached hydrogen (secondary N) is 2. The summed E-state index contributed by atoms with van der Waals surface area (Å²) in [5.74, 6) is 2.68. The third-order valence-corrected chi connectivity index (χ3v) is 5.50. The number of para-hydroxylation sites is 1. The molecule has 0 bridgehead atoms. The summed E-state index contributed by atoms with van der Waals surface area (Å²) in [4.78, 5) is 13.5. The Morgan fingerprint density at radius 1 is 1.17 bits per heavy atom. The van der Waals surface area contributed by atoms with E-state index in [0.717, 1.165) is 42.7 Å². The fraction of sp³-hybridized carbons (Fsp3) is 0.478. The van der Waals surface area contributed by atoms with Gasteiger partial charge in [0.1, 0.15) is 11.6 Å². The second-order valence-corrected chi connectivity index (χ2v) is 7.69. The first-order valence-electron chi connectivity index (χ1n) is 10.6. The molecule has 0 radical (unpaired) electrons. The summed E-state index contributed by atoms with van der Waals surface area (Å²) in [5, 5.41) is 6.95. The third-order valence-electron chi connectivity index (χ3n) is 5.50. The zero-order valence-corrected chi connectivity index (χ0v) is 18.6. The van der Waals surface area contributed by atoms with Gasteiger partial charge in [0.25, 0.3) is 0 Å². The van der Waals surface area contributed by atoms with Gasteiger partial charge in [0.15, 0.2) is 5.96 Å². The van der Waals surface area contributed by atoms with Crippen molar-refractivity contribution in [2.75, 3.05) is 52.8 Å². The highest BCUT2D eigenvalue weighted by Crippen LogP contribution is 2.31. The monoisotopic (exact) mass is 410 g/mol. The van der Waals surface area contributed by atoms with Gasteiger partial charge in [-0.3, -0.25) is 9.89 Å². The van der Waals surface area contributed by atoms with Crippen LogP contribution in [0.1, 0.15) is 30.0 Å². The Kier molecular flexibility index (Phi) is 7.90. The highest BCUT2D eigenvalue weighted by atomic mass is 16.5. The number of aromatic nitrogens is 1. The summed E-state index contributed by atoms with van der Waals surface area (Å²) in [6.45, 7) is 3.63. The molecule has 162 valence electrons. The molecule has 0 amide bonds. The summed E-state index contributed by atoms with van der Waals surface area (Å²) >= 11 is 0. The second kappa shape index (κ2) is 10.8. The molecule has 1 unspecified atom stereocenters. The van der Waals surface area contributed by atoms with Gasteiger partial charge >= 0.3 is 0 Å². The van der Waals surface area contributed by atoms with Crippen molar-refractivity contribution >= 4 is 11.8 Å². The summed E-state index contributed by atoms with van der Waals surface area (Å²) < 4.78 is 5.65. The lowest BCUT2D eigenvalue weighted by Crippen LogP contribution is -2.42. The van der Waals surface area contributed by atoms with E-state index in [2.05, 4.69) is 43.7 Å². The molecule has 2 heterocycles. The van der Waals surface area contributed by atoms with Crippen LogP contribution < -0.4 is 20.3 Å². The number of ether oxygens (including phenoxy) is 1. The summed E-state index contributed by atoms with van der Waals surface area (Å²) in [7, 11) is 7.56. The number of hydrogen-bond acceptors (Lipinski definition) is 5. The van der Waals surface area contributed by atoms with Crippen LogP contribution in [0.15, 0.2) is 47.6 Å². The van der Waals surface area contributed by atoms with Gasteiger partial charge < -0.3 is 20.3 Å². The molecule has 1 aliphatic rings. The predicted octanol–water partition coefficient (Wildman–Crippen LogP) is 2.66. The molecule has 7 nitrogen and oxygen atoms in total. The molecule has 0 saturated carbocycles. The van der Waals surface area contributed by atoms with Crippen molar-refractivity contribution < 1.29 is 4.74 Å². The SMILES string of the molecule is CN=C(NCc1cccnc1N(C)C)NCC(c1ccccc1OC)N1CCCC1. The van der Waals surface area contributed by atoms with Crippen molar-refractivity contribution in [2.45, 2.75) is 25.4 Å². The minimum Gasteiger partial charge on any atom is -0.496 e. The van der Waals surface area contributed by atoms with Gasteiger partial charge in [0, 0.05) is 51.6 Å². The fourth-order valence-corrected chi connectivity index (χ4v) is 3.99. The Balaban J connectivity index is 1.68. The fourth-order valence-electron chi connectivity index (χ4n) is 3.99. The van der Waals surface area contributed by atoms with Crippen LogP contribution in [0.3, 0.4) is 0 Å². The molecule has 3 rings (SSSR count). The number of anilines is 1. The van der Waals surface area contributed by atoms with Crippen molar-refractivity contribution in [3.8, 4) is 5.75 Å². The van der Waals surface area contributed by atoms with Crippen LogP contribution in [0, 0.1) is 0 Å². The van der Waals surface area contributed by atoms with E-state index in [9.17, 15) is 0 Å². The summed E-state index contributed by atoms with van der Waals surface area (Å²) in [5.41, 5.74) is 2.35. The van der Waals surface area contributed by atoms with Gasteiger partial charge in [-0.05, 0) is 38.1 Å². The lowest BCUT2D eigenvalue weighted by Gasteiger charge is -2.30. The number of nitrogens with zero attached hydrogens (tertiary/aromatic N) is 4. The van der Waals surface area contributed by atoms with Crippen molar-refractivity contribution in [3.63, 3.8) is 0 Å². The quantitative estimate of drug-likeness (QED) is 0.515. The maximum absolute atomic E-state index is 5.65. The molecule has 1 fully saturated rings. The number of aliphatic imine (C=N–C) groups is 1. The molecule has 2 aromatic rings. The molecule has 1 aromatic carbocycles. The van der Waals surface area contributed by atoms with Gasteiger partial charge in [-0.1, -0.05) is 24.3 Å². The van der Waals surface area contributed by atoms with Crippen LogP contribution in [0.25, 0.3) is 0 Å². The minimum absolute atomic E-state index is 0.234. The molecule has 1 saturated heterocycles. The maximum atomic E-state index is 5.65. The lowest BCUT2D eigenvalue weighted by molar-refractivity contribution is 0.239. The number of methoxy groups -OCH3 is 1. The normalized spacial score (nSPS) is 15.7. The smallest absolute Gasteiger partial charge is 0.191 e. The van der Waals surface area contributed by atoms with Crippen LogP contribution >= 0.6 is 0 Å². The van der Waals surface area contributed by atoms with Crippen LogP contribution in [0.4, 0.5) is 5.82 Å². The molecular weight excluding hydrogens is 376 g/mol. The minimum atomic E-state index is 0.234. The van der Waals surface area contributed by atoms with Crippen molar-refractivity contribution in [2.24, 2.45) is 4.99 Å².